The van der Waals surface area contributed by atoms with Crippen molar-refractivity contribution in [2.45, 2.75) is 36.5 Å². The van der Waals surface area contributed by atoms with E-state index in [1.165, 1.54) is 0 Å². The summed E-state index contributed by atoms with van der Waals surface area (Å²) >= 11 is 1.68. The van der Waals surface area contributed by atoms with Crippen molar-refractivity contribution < 1.29 is 24.6 Å². The van der Waals surface area contributed by atoms with Gasteiger partial charge in [0.15, 0.2) is 0 Å². The van der Waals surface area contributed by atoms with Gasteiger partial charge in [-0.3, -0.25) is 4.79 Å². The van der Waals surface area contributed by atoms with Crippen molar-refractivity contribution in [3.8, 4) is 0 Å². The molecule has 0 unspecified atom stereocenters. The molecule has 1 rings (SSSR count). The van der Waals surface area contributed by atoms with Crippen LogP contribution in [0.4, 0.5) is 4.79 Å². The fraction of sp³-hybridized carbons (Fsp3) is 0.727. The Hall–Kier alpha value is -1.44. The first-order valence-corrected chi connectivity index (χ1v) is 7.15. The van der Waals surface area contributed by atoms with E-state index in [1.54, 1.807) is 11.8 Å². The van der Waals surface area contributed by atoms with Crippen LogP contribution in [0.5, 0.6) is 0 Å². The van der Waals surface area contributed by atoms with Gasteiger partial charge in [0.2, 0.25) is 0 Å². The van der Waals surface area contributed by atoms with Crippen LogP contribution in [0.2, 0.25) is 0 Å². The summed E-state index contributed by atoms with van der Waals surface area (Å²) in [6.07, 6.45) is 4.50. The van der Waals surface area contributed by atoms with E-state index in [9.17, 15) is 14.4 Å². The van der Waals surface area contributed by atoms with Crippen LogP contribution in [0.15, 0.2) is 0 Å². The summed E-state index contributed by atoms with van der Waals surface area (Å²) < 4.78 is 0.0445. The van der Waals surface area contributed by atoms with Crippen molar-refractivity contribution in [1.29, 1.82) is 0 Å². The number of carboxylic acid groups (broad SMARTS) is 2. The highest BCUT2D eigenvalue weighted by atomic mass is 32.2. The third-order valence-electron chi connectivity index (χ3n) is 3.25. The number of rotatable bonds is 7. The highest BCUT2D eigenvalue weighted by Crippen LogP contribution is 2.42. The molecule has 7 nitrogen and oxygen atoms in total. The summed E-state index contributed by atoms with van der Waals surface area (Å²) in [6.45, 7) is 0.458. The monoisotopic (exact) mass is 290 g/mol. The Bertz CT molecular complexity index is 365. The van der Waals surface area contributed by atoms with Gasteiger partial charge in [-0.15, -0.1) is 0 Å². The number of carbonyl (C=O) groups is 3. The van der Waals surface area contributed by atoms with E-state index in [0.717, 1.165) is 19.3 Å². The quantitative estimate of drug-likeness (QED) is 0.542. The molecule has 0 aliphatic heterocycles. The first-order chi connectivity index (χ1) is 8.88. The Kier molecular flexibility index (Phi) is 5.46. The first kappa shape index (κ1) is 15.6. The van der Waals surface area contributed by atoms with Gasteiger partial charge in [-0.05, 0) is 19.1 Å². The van der Waals surface area contributed by atoms with Crippen molar-refractivity contribution in [2.24, 2.45) is 0 Å². The second kappa shape index (κ2) is 6.65. The van der Waals surface area contributed by atoms with Crippen molar-refractivity contribution >= 4 is 29.7 Å². The van der Waals surface area contributed by atoms with Gasteiger partial charge in [-0.1, -0.05) is 6.42 Å². The molecule has 1 atom stereocenters. The van der Waals surface area contributed by atoms with E-state index in [4.69, 9.17) is 10.2 Å². The van der Waals surface area contributed by atoms with E-state index in [0.29, 0.717) is 6.54 Å². The molecule has 2 amide bonds. The molecule has 0 aromatic carbocycles. The third-order valence-corrected chi connectivity index (χ3v) is 4.67. The molecule has 4 N–H and O–H groups in total. The lowest BCUT2D eigenvalue weighted by atomic mass is 9.84. The number of carbonyl (C=O) groups excluding carboxylic acids is 1. The largest absolute Gasteiger partial charge is 0.481 e. The molecule has 0 radical (unpaired) electrons. The van der Waals surface area contributed by atoms with Crippen molar-refractivity contribution in [2.75, 3.05) is 12.8 Å². The van der Waals surface area contributed by atoms with Gasteiger partial charge >= 0.3 is 18.0 Å². The molecule has 1 fully saturated rings. The number of thioether (sulfide) groups is 1. The van der Waals surface area contributed by atoms with Crippen LogP contribution >= 0.6 is 11.8 Å². The van der Waals surface area contributed by atoms with Gasteiger partial charge < -0.3 is 20.8 Å². The van der Waals surface area contributed by atoms with Gasteiger partial charge in [-0.2, -0.15) is 11.8 Å². The van der Waals surface area contributed by atoms with Crippen molar-refractivity contribution in [3.63, 3.8) is 0 Å². The lowest BCUT2D eigenvalue weighted by molar-refractivity contribution is -0.145. The maximum Gasteiger partial charge on any atom is 0.326 e. The van der Waals surface area contributed by atoms with Crippen LogP contribution in [-0.2, 0) is 9.59 Å². The molecule has 19 heavy (non-hydrogen) atoms. The minimum absolute atomic E-state index is 0.0445. The standard InChI is InChI=1S/C11H18N2O5S/c1-19-11(3-2-4-11)6-12-10(18)13-7(9(16)17)5-8(14)15/h7H,2-6H2,1H3,(H,14,15)(H,16,17)(H2,12,13,18)/t7-/m1/s1. The van der Waals surface area contributed by atoms with E-state index in [1.807, 2.05) is 6.26 Å². The lowest BCUT2D eigenvalue weighted by Crippen LogP contribution is -2.51. The van der Waals surface area contributed by atoms with Gasteiger partial charge in [-0.25, -0.2) is 9.59 Å². The molecule has 0 spiro atoms. The highest BCUT2D eigenvalue weighted by Gasteiger charge is 2.36. The Morgan fingerprint density at radius 1 is 1.32 bits per heavy atom. The number of hydrogen-bond acceptors (Lipinski definition) is 4. The number of aliphatic carboxylic acids is 2. The highest BCUT2D eigenvalue weighted by molar-refractivity contribution is 8.00. The number of nitrogens with one attached hydrogen (secondary N) is 2. The fourth-order valence-corrected chi connectivity index (χ4v) is 2.76. The van der Waals surface area contributed by atoms with Crippen LogP contribution in [0.3, 0.4) is 0 Å². The number of hydrogen-bond donors (Lipinski definition) is 4. The lowest BCUT2D eigenvalue weighted by Gasteiger charge is -2.40. The summed E-state index contributed by atoms with van der Waals surface area (Å²) in [5, 5.41) is 22.1. The molecule has 0 aromatic rings. The normalized spacial score (nSPS) is 17.9. The van der Waals surface area contributed by atoms with E-state index < -0.39 is 30.4 Å². The predicted molar refractivity (Wildman–Crippen MR) is 70.3 cm³/mol. The first-order valence-electron chi connectivity index (χ1n) is 5.93. The van der Waals surface area contributed by atoms with E-state index >= 15 is 0 Å². The van der Waals surface area contributed by atoms with Gasteiger partial charge in [0.1, 0.15) is 6.04 Å². The Labute approximate surface area is 115 Å². The smallest absolute Gasteiger partial charge is 0.326 e. The fourth-order valence-electron chi connectivity index (χ4n) is 1.85. The third kappa shape index (κ3) is 4.62. The van der Waals surface area contributed by atoms with Crippen LogP contribution in [0.1, 0.15) is 25.7 Å². The maximum absolute atomic E-state index is 11.6. The Morgan fingerprint density at radius 2 is 1.95 bits per heavy atom. The SMILES string of the molecule is CSC1(CNC(=O)N[C@H](CC(=O)O)C(=O)O)CCC1. The number of urea groups is 1. The van der Waals surface area contributed by atoms with Crippen molar-refractivity contribution in [3.05, 3.63) is 0 Å². The maximum atomic E-state index is 11.6. The van der Waals surface area contributed by atoms with Crippen molar-refractivity contribution in [1.82, 2.24) is 10.6 Å². The molecular formula is C11H18N2O5S. The summed E-state index contributed by atoms with van der Waals surface area (Å²) in [5.74, 6) is -2.63. The molecule has 1 saturated carbocycles. The molecule has 0 heterocycles. The summed E-state index contributed by atoms with van der Waals surface area (Å²) in [4.78, 5) is 32.8. The molecule has 0 bridgehead atoms. The Balaban J connectivity index is 2.40. The molecule has 1 aliphatic rings. The second-order valence-corrected chi connectivity index (χ2v) is 5.83. The zero-order valence-corrected chi connectivity index (χ0v) is 11.5. The minimum atomic E-state index is -1.41. The molecule has 108 valence electrons. The summed E-state index contributed by atoms with van der Waals surface area (Å²) in [5.41, 5.74) is 0. The molecule has 8 heteroatoms. The van der Waals surface area contributed by atoms with Crippen LogP contribution in [0, 0.1) is 0 Å². The molecule has 0 saturated heterocycles. The van der Waals surface area contributed by atoms with Gasteiger partial charge in [0, 0.05) is 11.3 Å². The summed E-state index contributed by atoms with van der Waals surface area (Å²) in [6, 6.07) is -2.06. The van der Waals surface area contributed by atoms with E-state index in [2.05, 4.69) is 10.6 Å². The molecular weight excluding hydrogens is 272 g/mol. The average molecular weight is 290 g/mol. The summed E-state index contributed by atoms with van der Waals surface area (Å²) in [7, 11) is 0. The molecule has 1 aliphatic carbocycles. The Morgan fingerprint density at radius 3 is 2.32 bits per heavy atom. The minimum Gasteiger partial charge on any atom is -0.481 e. The van der Waals surface area contributed by atoms with Gasteiger partial charge in [0.25, 0.3) is 0 Å². The zero-order valence-electron chi connectivity index (χ0n) is 10.6. The number of amides is 2. The van der Waals surface area contributed by atoms with E-state index in [-0.39, 0.29) is 4.75 Å². The zero-order chi connectivity index (χ0) is 14.5. The second-order valence-electron chi connectivity index (χ2n) is 4.56. The molecule has 0 aromatic heterocycles. The van der Waals surface area contributed by atoms with Crippen LogP contribution < -0.4 is 10.6 Å². The van der Waals surface area contributed by atoms with Crippen LogP contribution in [0.25, 0.3) is 0 Å². The topological polar surface area (TPSA) is 116 Å². The van der Waals surface area contributed by atoms with Gasteiger partial charge in [0.05, 0.1) is 6.42 Å². The average Bonchev–Trinajstić information content (AvgIpc) is 2.26. The predicted octanol–water partition coefficient (Wildman–Crippen LogP) is 0.499. The van der Waals surface area contributed by atoms with Crippen LogP contribution in [-0.4, -0.2) is 51.8 Å². The number of carboxylic acids is 2.